The third-order valence-corrected chi connectivity index (χ3v) is 9.39. The molecule has 2 atom stereocenters. The molecule has 246 valence electrons. The Balaban J connectivity index is 1.31. The predicted molar refractivity (Wildman–Crippen MR) is 179 cm³/mol. The number of urea groups is 1. The van der Waals surface area contributed by atoms with Gasteiger partial charge in [0.1, 0.15) is 23.7 Å². The number of anilines is 2. The molecule has 6 N–H and O–H groups in total. The number of para-hydroxylation sites is 1. The van der Waals surface area contributed by atoms with Crippen molar-refractivity contribution in [1.82, 2.24) is 30.1 Å². The maximum absolute atomic E-state index is 14.3. The van der Waals surface area contributed by atoms with Gasteiger partial charge < -0.3 is 36.4 Å². The minimum absolute atomic E-state index is 0.0597. The van der Waals surface area contributed by atoms with Gasteiger partial charge in [-0.25, -0.2) is 9.78 Å². The number of phenolic OH excluding ortho intramolecular Hbond substituents is 1. The number of rotatable bonds is 9. The van der Waals surface area contributed by atoms with Gasteiger partial charge in [-0.15, -0.1) is 0 Å². The van der Waals surface area contributed by atoms with Crippen LogP contribution in [0.1, 0.15) is 30.5 Å². The Morgan fingerprint density at radius 1 is 1.13 bits per heavy atom. The summed E-state index contributed by atoms with van der Waals surface area (Å²) in [5.74, 6) is 0.163. The number of phenols is 1. The molecule has 2 aliphatic rings. The SMILES string of the molecule is COc1ccc(CNC(=O)N(C(C)C)N2CC(=O)N3[C@@H](Cc4ccc(O)c(N)c4)C(=O)N(Cc4cccc5sc(N)nc45)C[C@@H]32)cc1. The lowest BCUT2D eigenvalue weighted by Crippen LogP contribution is -2.66. The maximum Gasteiger partial charge on any atom is 0.332 e. The van der Waals surface area contributed by atoms with Crippen molar-refractivity contribution < 1.29 is 24.2 Å². The van der Waals surface area contributed by atoms with E-state index in [0.717, 1.165) is 27.1 Å². The fourth-order valence-corrected chi connectivity index (χ4v) is 7.11. The maximum atomic E-state index is 14.3. The third kappa shape index (κ3) is 6.33. The number of nitrogens with zero attached hydrogens (tertiary/aromatic N) is 5. The molecule has 4 amide bonds. The molecule has 3 aromatic carbocycles. The first-order valence-corrected chi connectivity index (χ1v) is 16.1. The number of thiazole rings is 1. The Morgan fingerprint density at radius 2 is 1.87 bits per heavy atom. The van der Waals surface area contributed by atoms with E-state index < -0.39 is 12.2 Å². The van der Waals surface area contributed by atoms with Crippen LogP contribution in [0.15, 0.2) is 60.7 Å². The Hall–Kier alpha value is -5.08. The first kappa shape index (κ1) is 31.9. The molecule has 13 nitrogen and oxygen atoms in total. The van der Waals surface area contributed by atoms with Gasteiger partial charge in [0, 0.05) is 25.6 Å². The summed E-state index contributed by atoms with van der Waals surface area (Å²) in [4.78, 5) is 49.6. The van der Waals surface area contributed by atoms with E-state index in [0.29, 0.717) is 10.7 Å². The third-order valence-electron chi connectivity index (χ3n) is 8.54. The number of piperazine rings is 1. The molecule has 6 rings (SSSR count). The number of aromatic nitrogens is 1. The Labute approximate surface area is 276 Å². The fourth-order valence-electron chi connectivity index (χ4n) is 6.32. The van der Waals surface area contributed by atoms with Crippen LogP contribution in [0.2, 0.25) is 0 Å². The van der Waals surface area contributed by atoms with Crippen molar-refractivity contribution in [2.45, 2.75) is 51.6 Å². The van der Waals surface area contributed by atoms with Crippen LogP contribution >= 0.6 is 11.3 Å². The highest BCUT2D eigenvalue weighted by atomic mass is 32.1. The average molecular weight is 659 g/mol. The van der Waals surface area contributed by atoms with Crippen molar-refractivity contribution in [3.63, 3.8) is 0 Å². The van der Waals surface area contributed by atoms with Crippen molar-refractivity contribution in [3.05, 3.63) is 77.4 Å². The number of aromatic hydroxyl groups is 1. The molecule has 0 radical (unpaired) electrons. The molecule has 0 spiro atoms. The summed E-state index contributed by atoms with van der Waals surface area (Å²) >= 11 is 1.38. The highest BCUT2D eigenvalue weighted by molar-refractivity contribution is 7.22. The zero-order chi connectivity index (χ0) is 33.4. The molecule has 2 fully saturated rings. The summed E-state index contributed by atoms with van der Waals surface area (Å²) in [6, 6.07) is 16.4. The molecule has 2 saturated heterocycles. The van der Waals surface area contributed by atoms with Gasteiger partial charge in [-0.3, -0.25) is 14.6 Å². The van der Waals surface area contributed by atoms with Gasteiger partial charge in [0.25, 0.3) is 0 Å². The number of methoxy groups -OCH3 is 1. The van der Waals surface area contributed by atoms with E-state index in [1.54, 1.807) is 39.1 Å². The smallest absolute Gasteiger partial charge is 0.332 e. The van der Waals surface area contributed by atoms with Gasteiger partial charge in [-0.1, -0.05) is 41.7 Å². The largest absolute Gasteiger partial charge is 0.506 e. The lowest BCUT2D eigenvalue weighted by atomic mass is 9.99. The number of amides is 4. The minimum atomic E-state index is -0.869. The number of ether oxygens (including phenoxy) is 1. The molecule has 4 aromatic rings. The number of nitrogen functional groups attached to an aromatic ring is 2. The van der Waals surface area contributed by atoms with E-state index >= 15 is 0 Å². The summed E-state index contributed by atoms with van der Waals surface area (Å²) in [5, 5.41) is 16.7. The molecule has 0 bridgehead atoms. The summed E-state index contributed by atoms with van der Waals surface area (Å²) in [6.45, 7) is 4.38. The lowest BCUT2D eigenvalue weighted by molar-refractivity contribution is -0.158. The van der Waals surface area contributed by atoms with Crippen LogP contribution in [0.4, 0.5) is 15.6 Å². The highest BCUT2D eigenvalue weighted by Crippen LogP contribution is 2.33. The van der Waals surface area contributed by atoms with Crippen LogP contribution in [0.3, 0.4) is 0 Å². The second-order valence-corrected chi connectivity index (χ2v) is 13.0. The zero-order valence-corrected chi connectivity index (χ0v) is 27.2. The van der Waals surface area contributed by atoms with Crippen LogP contribution in [0.5, 0.6) is 11.5 Å². The van der Waals surface area contributed by atoms with Crippen molar-refractivity contribution in [1.29, 1.82) is 0 Å². The van der Waals surface area contributed by atoms with E-state index in [1.807, 2.05) is 56.3 Å². The van der Waals surface area contributed by atoms with E-state index in [-0.39, 0.29) is 67.9 Å². The van der Waals surface area contributed by atoms with Crippen molar-refractivity contribution >= 4 is 50.2 Å². The predicted octanol–water partition coefficient (Wildman–Crippen LogP) is 3.13. The number of benzene rings is 3. The second-order valence-electron chi connectivity index (χ2n) is 12.0. The average Bonchev–Trinajstić information content (AvgIpc) is 3.58. The van der Waals surface area contributed by atoms with Gasteiger partial charge in [0.15, 0.2) is 5.13 Å². The van der Waals surface area contributed by atoms with Crippen LogP contribution in [-0.2, 0) is 29.1 Å². The molecule has 1 aromatic heterocycles. The quantitative estimate of drug-likeness (QED) is 0.156. The van der Waals surface area contributed by atoms with Gasteiger partial charge in [-0.2, -0.15) is 5.01 Å². The number of hydrogen-bond acceptors (Lipinski definition) is 10. The lowest BCUT2D eigenvalue weighted by Gasteiger charge is -2.47. The number of carbonyl (C=O) groups excluding carboxylic acids is 3. The van der Waals surface area contributed by atoms with Crippen molar-refractivity contribution in [3.8, 4) is 11.5 Å². The van der Waals surface area contributed by atoms with Gasteiger partial charge in [0.2, 0.25) is 11.8 Å². The summed E-state index contributed by atoms with van der Waals surface area (Å²) < 4.78 is 6.15. The molecule has 2 aliphatic heterocycles. The van der Waals surface area contributed by atoms with E-state index in [2.05, 4.69) is 10.3 Å². The first-order chi connectivity index (χ1) is 22.5. The zero-order valence-electron chi connectivity index (χ0n) is 26.4. The van der Waals surface area contributed by atoms with Crippen molar-refractivity contribution in [2.75, 3.05) is 31.7 Å². The fraction of sp³-hybridized carbons (Fsp3) is 0.333. The van der Waals surface area contributed by atoms with E-state index in [1.165, 1.54) is 17.4 Å². The number of carbonyl (C=O) groups is 3. The van der Waals surface area contributed by atoms with Crippen LogP contribution in [0, 0.1) is 0 Å². The number of hydrogen-bond donors (Lipinski definition) is 4. The van der Waals surface area contributed by atoms with Gasteiger partial charge in [0.05, 0.1) is 36.1 Å². The van der Waals surface area contributed by atoms with Gasteiger partial charge >= 0.3 is 6.03 Å². The number of fused-ring (bicyclic) bond motifs is 2. The summed E-state index contributed by atoms with van der Waals surface area (Å²) in [5.41, 5.74) is 15.3. The molecule has 3 heterocycles. The molecular weight excluding hydrogens is 620 g/mol. The standard InChI is InChI=1S/C33H38N8O5S/c1-19(2)41(33(45)36-15-20-7-10-23(46-3)11-8-20)39-18-29(43)40-25(14-21-9-12-26(42)24(34)13-21)31(44)38(17-28(39)40)16-22-5-4-6-27-30(22)37-32(35)47-27/h4-13,19,25,28,42H,14-18,34H2,1-3H3,(H2,35,37)(H,36,45)/t25-,28+/m0/s1. The molecule has 47 heavy (non-hydrogen) atoms. The molecule has 0 unspecified atom stereocenters. The molecule has 0 saturated carbocycles. The van der Waals surface area contributed by atoms with Crippen molar-refractivity contribution in [2.24, 2.45) is 0 Å². The summed E-state index contributed by atoms with van der Waals surface area (Å²) in [6.07, 6.45) is -0.441. The minimum Gasteiger partial charge on any atom is -0.506 e. The Kier molecular flexibility index (Phi) is 8.80. The van der Waals surface area contributed by atoms with E-state index in [4.69, 9.17) is 16.2 Å². The molecular formula is C33H38N8O5S. The summed E-state index contributed by atoms with van der Waals surface area (Å²) in [7, 11) is 1.60. The molecule has 0 aliphatic carbocycles. The number of nitrogens with two attached hydrogens (primary N) is 2. The monoisotopic (exact) mass is 658 g/mol. The van der Waals surface area contributed by atoms with Crippen LogP contribution in [-0.4, -0.2) is 86.2 Å². The molecule has 14 heteroatoms. The van der Waals surface area contributed by atoms with Crippen LogP contribution < -0.4 is 21.5 Å². The highest BCUT2D eigenvalue weighted by Gasteiger charge is 2.52. The normalized spacial score (nSPS) is 18.2. The van der Waals surface area contributed by atoms with Crippen LogP contribution in [0.25, 0.3) is 10.2 Å². The van der Waals surface area contributed by atoms with Gasteiger partial charge in [-0.05, 0) is 60.9 Å². The first-order valence-electron chi connectivity index (χ1n) is 15.3. The number of nitrogens with one attached hydrogen (secondary N) is 1. The Morgan fingerprint density at radius 3 is 2.57 bits per heavy atom. The topological polar surface area (TPSA) is 171 Å². The van der Waals surface area contributed by atoms with E-state index in [9.17, 15) is 19.5 Å². The Bertz CT molecular complexity index is 1810. The number of hydrazine groups is 1. The second kappa shape index (κ2) is 13.0.